The summed E-state index contributed by atoms with van der Waals surface area (Å²) in [5.74, 6) is -18.3. The zero-order valence-electron chi connectivity index (χ0n) is 32.2. The van der Waals surface area contributed by atoms with Gasteiger partial charge in [0.1, 0.15) is 36.3 Å². The van der Waals surface area contributed by atoms with Crippen molar-refractivity contribution in [3.63, 3.8) is 0 Å². The summed E-state index contributed by atoms with van der Waals surface area (Å²) < 4.78 is 0. The van der Waals surface area contributed by atoms with Gasteiger partial charge in [-0.3, -0.25) is 57.5 Å². The smallest absolute Gasteiger partial charge is 0.326 e. The van der Waals surface area contributed by atoms with Crippen molar-refractivity contribution in [3.05, 3.63) is 0 Å². The average Bonchev–Trinajstić information content (AvgIpc) is 3.16. The molecular formula is C33H49N7O21. The molecule has 0 rings (SSSR count). The Hall–Kier alpha value is -6.97. The molecule has 0 aromatic rings. The number of hydrogen-bond acceptors (Lipinski definition) is 15. The lowest BCUT2D eigenvalue weighted by Crippen LogP contribution is -2.60. The molecule has 0 saturated carbocycles. The third kappa shape index (κ3) is 23.3. The summed E-state index contributed by atoms with van der Waals surface area (Å²) in [6, 6.07) is -12.8. The van der Waals surface area contributed by atoms with Crippen LogP contribution in [0.25, 0.3) is 0 Å². The van der Waals surface area contributed by atoms with Crippen molar-refractivity contribution >= 4 is 77.2 Å². The molecule has 0 radical (unpaired) electrons. The molecule has 0 spiro atoms. The van der Waals surface area contributed by atoms with Crippen molar-refractivity contribution < 1.29 is 103 Å². The molecule has 0 saturated heterocycles. The van der Waals surface area contributed by atoms with Crippen LogP contribution in [-0.2, 0) is 62.3 Å². The van der Waals surface area contributed by atoms with Crippen LogP contribution in [0, 0.1) is 0 Å². The molecule has 0 aromatic heterocycles. The fourth-order valence-electron chi connectivity index (χ4n) is 4.92. The SMILES string of the molecule is N[C@@H](CCC(=O)O)C(=O)N[C@@H](CO)C(=O)N[C@@H](CCC(=O)O)C(=O)N[C@@H](CCC(=O)O)C(=O)N[C@@H](CCC(=O)O)C(=O)N[C@@H](CCC(=O)O)C(=O)N[C@@H](CCC(=O)O)C(=O)O. The fraction of sp³-hybridized carbons (Fsp3) is 0.606. The maximum Gasteiger partial charge on any atom is 0.326 e. The van der Waals surface area contributed by atoms with Crippen molar-refractivity contribution in [2.75, 3.05) is 6.61 Å². The van der Waals surface area contributed by atoms with Crippen LogP contribution in [0.3, 0.4) is 0 Å². The van der Waals surface area contributed by atoms with E-state index in [9.17, 15) is 87.9 Å². The first-order chi connectivity index (χ1) is 28.4. The highest BCUT2D eigenvalue weighted by molar-refractivity contribution is 5.97. The van der Waals surface area contributed by atoms with E-state index in [4.69, 9.17) is 21.1 Å². The number of aliphatic carboxylic acids is 7. The topological polar surface area (TPSA) is 482 Å². The average molecular weight is 880 g/mol. The monoisotopic (exact) mass is 879 g/mol. The molecule has 0 aliphatic carbocycles. The highest BCUT2D eigenvalue weighted by Gasteiger charge is 2.34. The zero-order chi connectivity index (χ0) is 47.0. The first-order valence-corrected chi connectivity index (χ1v) is 18.1. The van der Waals surface area contributed by atoms with Crippen LogP contribution in [0.15, 0.2) is 0 Å². The summed E-state index contributed by atoms with van der Waals surface area (Å²) in [5, 5.41) is 86.0. The Morgan fingerprint density at radius 1 is 0.328 bits per heavy atom. The Morgan fingerprint density at radius 2 is 0.541 bits per heavy atom. The van der Waals surface area contributed by atoms with Gasteiger partial charge in [-0.2, -0.15) is 0 Å². The molecule has 0 aromatic carbocycles. The van der Waals surface area contributed by atoms with Gasteiger partial charge in [-0.15, -0.1) is 0 Å². The van der Waals surface area contributed by atoms with Crippen molar-refractivity contribution in [1.29, 1.82) is 0 Å². The number of hydrogen-bond donors (Lipinski definition) is 15. The maximum absolute atomic E-state index is 13.6. The minimum absolute atomic E-state index is 0.382. The van der Waals surface area contributed by atoms with Crippen LogP contribution < -0.4 is 37.6 Å². The fourth-order valence-corrected chi connectivity index (χ4v) is 4.92. The predicted molar refractivity (Wildman–Crippen MR) is 195 cm³/mol. The molecule has 6 amide bonds. The molecular weight excluding hydrogens is 830 g/mol. The van der Waals surface area contributed by atoms with Crippen LogP contribution in [0.4, 0.5) is 0 Å². The Bertz CT molecular complexity index is 1660. The van der Waals surface area contributed by atoms with Crippen LogP contribution >= 0.6 is 0 Å². The number of amides is 6. The zero-order valence-corrected chi connectivity index (χ0v) is 32.2. The molecule has 0 bridgehead atoms. The Kier molecular flexibility index (Phi) is 24.5. The molecule has 61 heavy (non-hydrogen) atoms. The lowest BCUT2D eigenvalue weighted by Gasteiger charge is -2.27. The van der Waals surface area contributed by atoms with Gasteiger partial charge in [0.05, 0.1) is 12.6 Å². The molecule has 0 heterocycles. The predicted octanol–water partition coefficient (Wildman–Crippen LogP) is -5.51. The third-order valence-electron chi connectivity index (χ3n) is 8.20. The summed E-state index contributed by atoms with van der Waals surface area (Å²) >= 11 is 0. The number of aliphatic hydroxyl groups is 1. The van der Waals surface area contributed by atoms with E-state index in [1.807, 2.05) is 10.6 Å². The van der Waals surface area contributed by atoms with E-state index in [0.717, 1.165) is 0 Å². The molecule has 0 aliphatic heterocycles. The second kappa shape index (κ2) is 27.7. The van der Waals surface area contributed by atoms with Gasteiger partial charge in [0.25, 0.3) is 0 Å². The van der Waals surface area contributed by atoms with E-state index in [1.54, 1.807) is 0 Å². The molecule has 0 aliphatic rings. The summed E-state index contributed by atoms with van der Waals surface area (Å²) in [4.78, 5) is 158. The molecule has 0 unspecified atom stereocenters. The number of aliphatic hydroxyl groups excluding tert-OH is 1. The molecule has 28 heteroatoms. The van der Waals surface area contributed by atoms with E-state index < -0.39 is 197 Å². The summed E-state index contributed by atoms with van der Waals surface area (Å²) in [7, 11) is 0. The third-order valence-corrected chi connectivity index (χ3v) is 8.20. The summed E-state index contributed by atoms with van der Waals surface area (Å²) in [5.41, 5.74) is 5.60. The van der Waals surface area contributed by atoms with Gasteiger partial charge in [-0.05, 0) is 38.5 Å². The number of rotatable bonds is 32. The lowest BCUT2D eigenvalue weighted by atomic mass is 10.0. The number of nitrogens with one attached hydrogen (secondary N) is 6. The Labute approximate surface area is 344 Å². The number of carbonyl (C=O) groups is 13. The molecule has 7 atom stereocenters. The highest BCUT2D eigenvalue weighted by Crippen LogP contribution is 2.09. The normalized spacial score (nSPS) is 14.1. The summed E-state index contributed by atoms with van der Waals surface area (Å²) in [6.45, 7) is -1.12. The number of carbonyl (C=O) groups excluding carboxylic acids is 6. The number of nitrogens with two attached hydrogens (primary N) is 1. The van der Waals surface area contributed by atoms with E-state index in [1.165, 1.54) is 0 Å². The second-order valence-corrected chi connectivity index (χ2v) is 13.1. The van der Waals surface area contributed by atoms with Gasteiger partial charge in [0, 0.05) is 38.5 Å². The molecule has 16 N–H and O–H groups in total. The lowest BCUT2D eigenvalue weighted by molar-refractivity contribution is -0.144. The quantitative estimate of drug-likeness (QED) is 0.0300. The van der Waals surface area contributed by atoms with Crippen LogP contribution in [0.2, 0.25) is 0 Å². The van der Waals surface area contributed by atoms with Gasteiger partial charge in [0.2, 0.25) is 35.4 Å². The van der Waals surface area contributed by atoms with Gasteiger partial charge in [0.15, 0.2) is 0 Å². The minimum Gasteiger partial charge on any atom is -0.481 e. The van der Waals surface area contributed by atoms with Crippen molar-refractivity contribution in [2.24, 2.45) is 5.73 Å². The first kappa shape index (κ1) is 54.0. The standard InChI is InChI=1S/C33H49N7O21/c34-14(1-7-21(42)43)27(54)40-20(13-41)32(59)38-17(4-10-24(48)49)30(57)36-15(2-8-22(44)45)28(55)35-16(3-9-23(46)47)29(56)37-18(5-11-25(50)51)31(58)39-19(33(60)61)6-12-26(52)53/h14-20,41H,1-13,34H2,(H,35,55)(H,36,57)(H,37,56)(H,38,59)(H,39,58)(H,40,54)(H,42,43)(H,44,45)(H,46,47)(H,48,49)(H,50,51)(H,52,53)(H,60,61)/t14-,15-,16-,17-,18-,19-,20-/m0/s1. The van der Waals surface area contributed by atoms with E-state index >= 15 is 0 Å². The van der Waals surface area contributed by atoms with Crippen LogP contribution in [0.1, 0.15) is 77.0 Å². The largest absolute Gasteiger partial charge is 0.481 e. The molecule has 342 valence electrons. The van der Waals surface area contributed by atoms with Crippen LogP contribution in [-0.4, -0.2) is 167 Å². The van der Waals surface area contributed by atoms with E-state index in [2.05, 4.69) is 21.3 Å². The van der Waals surface area contributed by atoms with Gasteiger partial charge in [-0.25, -0.2) is 4.79 Å². The number of carboxylic acid groups (broad SMARTS) is 7. The maximum atomic E-state index is 13.6. The summed E-state index contributed by atoms with van der Waals surface area (Å²) in [6.07, 6.45) is -8.59. The highest BCUT2D eigenvalue weighted by atomic mass is 16.4. The van der Waals surface area contributed by atoms with Crippen molar-refractivity contribution in [1.82, 2.24) is 31.9 Å². The van der Waals surface area contributed by atoms with Gasteiger partial charge in [-0.1, -0.05) is 0 Å². The Morgan fingerprint density at radius 3 is 0.787 bits per heavy atom. The van der Waals surface area contributed by atoms with E-state index in [-0.39, 0.29) is 6.42 Å². The molecule has 0 fully saturated rings. The number of carboxylic acids is 7. The first-order valence-electron chi connectivity index (χ1n) is 18.1. The Balaban J connectivity index is 6.51. The van der Waals surface area contributed by atoms with Gasteiger partial charge < -0.3 is 78.5 Å². The van der Waals surface area contributed by atoms with Crippen molar-refractivity contribution in [2.45, 2.75) is 119 Å². The second-order valence-electron chi connectivity index (χ2n) is 13.1. The minimum atomic E-state index is -1.95. The van der Waals surface area contributed by atoms with Crippen LogP contribution in [0.5, 0.6) is 0 Å². The van der Waals surface area contributed by atoms with E-state index in [0.29, 0.717) is 0 Å². The molecule has 28 nitrogen and oxygen atoms in total. The van der Waals surface area contributed by atoms with Crippen molar-refractivity contribution in [3.8, 4) is 0 Å². The van der Waals surface area contributed by atoms with Gasteiger partial charge >= 0.3 is 41.8 Å².